The van der Waals surface area contributed by atoms with Gasteiger partial charge in [0.15, 0.2) is 0 Å². The Hall–Kier alpha value is -2.00. The van der Waals surface area contributed by atoms with E-state index in [-0.39, 0.29) is 24.5 Å². The molecular weight excluding hydrogens is 405 g/mol. The predicted molar refractivity (Wildman–Crippen MR) is 110 cm³/mol. The van der Waals surface area contributed by atoms with Crippen molar-refractivity contribution in [2.75, 3.05) is 5.32 Å². The Kier molecular flexibility index (Phi) is 8.13. The van der Waals surface area contributed by atoms with Crippen LogP contribution >= 0.6 is 12.4 Å². The molecule has 0 fully saturated rings. The minimum Gasteiger partial charge on any atom is -0.326 e. The molecule has 28 heavy (non-hydrogen) atoms. The Labute approximate surface area is 171 Å². The fraction of sp³-hybridized carbons (Fsp3) is 0.316. The summed E-state index contributed by atoms with van der Waals surface area (Å²) in [5.41, 5.74) is 6.23. The highest BCUT2D eigenvalue weighted by Crippen LogP contribution is 2.22. The van der Waals surface area contributed by atoms with Crippen molar-refractivity contribution in [3.05, 3.63) is 59.9 Å². The number of amides is 1. The molecule has 6 nitrogen and oxygen atoms in total. The number of hydrogen-bond acceptors (Lipinski definition) is 4. The Morgan fingerprint density at radius 1 is 1.14 bits per heavy atom. The quantitative estimate of drug-likeness (QED) is 0.655. The SMILES string of the molecule is CC(C)(C)NS(=O)(=O)c1cc(NC(=O)CC(N)c2ccccc2)ccc1F.Cl. The molecule has 0 bridgehead atoms. The molecule has 4 N–H and O–H groups in total. The lowest BCUT2D eigenvalue weighted by Crippen LogP contribution is -2.40. The van der Waals surface area contributed by atoms with E-state index in [1.165, 1.54) is 6.07 Å². The van der Waals surface area contributed by atoms with E-state index in [1.54, 1.807) is 20.8 Å². The van der Waals surface area contributed by atoms with Gasteiger partial charge in [0, 0.05) is 23.7 Å². The molecule has 0 heterocycles. The number of nitrogens with one attached hydrogen (secondary N) is 2. The summed E-state index contributed by atoms with van der Waals surface area (Å²) in [7, 11) is -4.07. The number of carbonyl (C=O) groups excluding carboxylic acids is 1. The first-order chi connectivity index (χ1) is 12.5. The molecule has 1 unspecified atom stereocenters. The van der Waals surface area contributed by atoms with Gasteiger partial charge in [0.25, 0.3) is 0 Å². The van der Waals surface area contributed by atoms with Crippen LogP contribution in [-0.4, -0.2) is 19.9 Å². The number of rotatable bonds is 6. The van der Waals surface area contributed by atoms with Crippen molar-refractivity contribution >= 4 is 34.0 Å². The van der Waals surface area contributed by atoms with Crippen LogP contribution < -0.4 is 15.8 Å². The molecular formula is C19H25ClFN3O3S. The van der Waals surface area contributed by atoms with Crippen LogP contribution in [0.25, 0.3) is 0 Å². The minimum atomic E-state index is -4.07. The highest BCUT2D eigenvalue weighted by atomic mass is 35.5. The summed E-state index contributed by atoms with van der Waals surface area (Å²) in [4.78, 5) is 11.7. The molecule has 0 aromatic heterocycles. The largest absolute Gasteiger partial charge is 0.326 e. The summed E-state index contributed by atoms with van der Waals surface area (Å²) >= 11 is 0. The summed E-state index contributed by atoms with van der Waals surface area (Å²) in [6.45, 7) is 4.96. The van der Waals surface area contributed by atoms with E-state index in [1.807, 2.05) is 30.3 Å². The molecule has 0 saturated carbocycles. The molecule has 9 heteroatoms. The van der Waals surface area contributed by atoms with Crippen LogP contribution in [0.15, 0.2) is 53.4 Å². The van der Waals surface area contributed by atoms with Crippen molar-refractivity contribution in [3.8, 4) is 0 Å². The number of sulfonamides is 1. The number of halogens is 2. The molecule has 0 aliphatic heterocycles. The van der Waals surface area contributed by atoms with Gasteiger partial charge >= 0.3 is 0 Å². The van der Waals surface area contributed by atoms with E-state index in [0.717, 1.165) is 17.7 Å². The third-order valence-corrected chi connectivity index (χ3v) is 5.35. The van der Waals surface area contributed by atoms with E-state index >= 15 is 0 Å². The van der Waals surface area contributed by atoms with E-state index in [9.17, 15) is 17.6 Å². The van der Waals surface area contributed by atoms with E-state index in [4.69, 9.17) is 5.73 Å². The van der Waals surface area contributed by atoms with Gasteiger partial charge in [-0.3, -0.25) is 4.79 Å². The number of anilines is 1. The maximum atomic E-state index is 14.1. The summed E-state index contributed by atoms with van der Waals surface area (Å²) in [6, 6.07) is 12.0. The van der Waals surface area contributed by atoms with Crippen molar-refractivity contribution in [2.45, 2.75) is 43.7 Å². The number of benzene rings is 2. The normalized spacial score (nSPS) is 12.8. The van der Waals surface area contributed by atoms with E-state index < -0.39 is 38.2 Å². The van der Waals surface area contributed by atoms with Gasteiger partial charge in [0.05, 0.1) is 0 Å². The van der Waals surface area contributed by atoms with Gasteiger partial charge in [-0.25, -0.2) is 17.5 Å². The Bertz CT molecular complexity index is 916. The van der Waals surface area contributed by atoms with Crippen molar-refractivity contribution in [1.29, 1.82) is 0 Å². The topological polar surface area (TPSA) is 101 Å². The molecule has 0 aliphatic rings. The molecule has 0 saturated heterocycles. The fourth-order valence-corrected chi connectivity index (χ4v) is 4.00. The lowest BCUT2D eigenvalue weighted by molar-refractivity contribution is -0.116. The summed E-state index contributed by atoms with van der Waals surface area (Å²) < 4.78 is 41.2. The highest BCUT2D eigenvalue weighted by molar-refractivity contribution is 7.89. The number of carbonyl (C=O) groups is 1. The molecule has 2 rings (SSSR count). The van der Waals surface area contributed by atoms with Crippen LogP contribution in [0.5, 0.6) is 0 Å². The first-order valence-corrected chi connectivity index (χ1v) is 9.90. The van der Waals surface area contributed by atoms with Gasteiger partial charge in [0.1, 0.15) is 10.7 Å². The second kappa shape index (κ2) is 9.47. The smallest absolute Gasteiger partial charge is 0.244 e. The van der Waals surface area contributed by atoms with Crippen molar-refractivity contribution < 1.29 is 17.6 Å². The second-order valence-electron chi connectivity index (χ2n) is 7.27. The third-order valence-electron chi connectivity index (χ3n) is 3.58. The van der Waals surface area contributed by atoms with Gasteiger partial charge in [-0.2, -0.15) is 0 Å². The molecule has 154 valence electrons. The van der Waals surface area contributed by atoms with Crippen molar-refractivity contribution in [2.24, 2.45) is 5.73 Å². The zero-order chi connectivity index (χ0) is 20.2. The number of hydrogen-bond donors (Lipinski definition) is 3. The summed E-state index contributed by atoms with van der Waals surface area (Å²) in [5.74, 6) is -1.30. The Morgan fingerprint density at radius 3 is 2.32 bits per heavy atom. The summed E-state index contributed by atoms with van der Waals surface area (Å²) in [6.07, 6.45) is 0.00368. The van der Waals surface area contributed by atoms with Crippen LogP contribution in [-0.2, 0) is 14.8 Å². The second-order valence-corrected chi connectivity index (χ2v) is 8.92. The third kappa shape index (κ3) is 6.87. The lowest BCUT2D eigenvalue weighted by atomic mass is 10.0. The lowest BCUT2D eigenvalue weighted by Gasteiger charge is -2.21. The van der Waals surface area contributed by atoms with Crippen LogP contribution in [0, 0.1) is 5.82 Å². The molecule has 0 aliphatic carbocycles. The van der Waals surface area contributed by atoms with Crippen molar-refractivity contribution in [3.63, 3.8) is 0 Å². The van der Waals surface area contributed by atoms with Gasteiger partial charge in [-0.1, -0.05) is 30.3 Å². The average Bonchev–Trinajstić information content (AvgIpc) is 2.55. The molecule has 1 amide bonds. The zero-order valence-corrected chi connectivity index (χ0v) is 17.5. The maximum Gasteiger partial charge on any atom is 0.244 e. The zero-order valence-electron chi connectivity index (χ0n) is 15.9. The van der Waals surface area contributed by atoms with Crippen LogP contribution in [0.2, 0.25) is 0 Å². The van der Waals surface area contributed by atoms with Gasteiger partial charge < -0.3 is 11.1 Å². The maximum absolute atomic E-state index is 14.1. The first kappa shape index (κ1) is 24.0. The molecule has 0 spiro atoms. The Morgan fingerprint density at radius 2 is 1.75 bits per heavy atom. The van der Waals surface area contributed by atoms with Crippen LogP contribution in [0.3, 0.4) is 0 Å². The minimum absolute atomic E-state index is 0. The molecule has 2 aromatic rings. The van der Waals surface area contributed by atoms with Crippen molar-refractivity contribution in [1.82, 2.24) is 4.72 Å². The fourth-order valence-electron chi connectivity index (χ4n) is 2.47. The van der Waals surface area contributed by atoms with Gasteiger partial charge in [-0.15, -0.1) is 12.4 Å². The highest BCUT2D eigenvalue weighted by Gasteiger charge is 2.25. The molecule has 2 aromatic carbocycles. The Balaban J connectivity index is 0.00000392. The van der Waals surface area contributed by atoms with E-state index in [0.29, 0.717) is 0 Å². The van der Waals surface area contributed by atoms with Gasteiger partial charge in [-0.05, 0) is 44.5 Å². The van der Waals surface area contributed by atoms with E-state index in [2.05, 4.69) is 10.0 Å². The summed E-state index contributed by atoms with van der Waals surface area (Å²) in [5, 5.41) is 2.57. The standard InChI is InChI=1S/C19H24FN3O3S.ClH/c1-19(2,3)23-27(25,26)17-11-14(9-10-15(17)20)22-18(24)12-16(21)13-7-5-4-6-8-13;/h4-11,16,23H,12,21H2,1-3H3,(H,22,24);1H. The monoisotopic (exact) mass is 429 g/mol. The van der Waals surface area contributed by atoms with Crippen LogP contribution in [0.1, 0.15) is 38.8 Å². The first-order valence-electron chi connectivity index (χ1n) is 8.42. The number of nitrogens with two attached hydrogens (primary N) is 1. The molecule has 1 atom stereocenters. The van der Waals surface area contributed by atoms with Crippen LogP contribution in [0.4, 0.5) is 10.1 Å². The predicted octanol–water partition coefficient (Wildman–Crippen LogP) is 3.35. The average molecular weight is 430 g/mol. The van der Waals surface area contributed by atoms with Gasteiger partial charge in [0.2, 0.25) is 15.9 Å². The molecule has 0 radical (unpaired) electrons.